The Labute approximate surface area is 143 Å². The smallest absolute Gasteiger partial charge is 0.243 e. The van der Waals surface area contributed by atoms with Crippen molar-refractivity contribution in [2.24, 2.45) is 0 Å². The first-order valence-electron chi connectivity index (χ1n) is 8.35. The molecule has 1 saturated heterocycles. The van der Waals surface area contributed by atoms with Gasteiger partial charge >= 0.3 is 0 Å². The molecule has 1 fully saturated rings. The molecule has 6 heteroatoms. The molecule has 5 nitrogen and oxygen atoms in total. The molecule has 24 heavy (non-hydrogen) atoms. The summed E-state index contributed by atoms with van der Waals surface area (Å²) in [7, 11) is -3.34. The van der Waals surface area contributed by atoms with E-state index in [4.69, 9.17) is 0 Å². The Morgan fingerprint density at radius 3 is 2.08 bits per heavy atom. The summed E-state index contributed by atoms with van der Waals surface area (Å²) in [5, 5.41) is 3.35. The number of hydrogen-bond acceptors (Lipinski definition) is 4. The maximum absolute atomic E-state index is 12.6. The molecule has 1 aromatic carbocycles. The number of pyridine rings is 1. The minimum atomic E-state index is -3.34. The van der Waals surface area contributed by atoms with Crippen LogP contribution in [0.1, 0.15) is 30.4 Å². The van der Waals surface area contributed by atoms with Crippen LogP contribution in [0.25, 0.3) is 0 Å². The van der Waals surface area contributed by atoms with Crippen LogP contribution in [0.5, 0.6) is 0 Å². The molecular formula is C18H23N3O2S. The number of nitrogens with zero attached hydrogens (tertiary/aromatic N) is 2. The quantitative estimate of drug-likeness (QED) is 0.874. The zero-order valence-corrected chi connectivity index (χ0v) is 14.5. The van der Waals surface area contributed by atoms with E-state index >= 15 is 0 Å². The lowest BCUT2D eigenvalue weighted by Gasteiger charge is -2.25. The monoisotopic (exact) mass is 345 g/mol. The van der Waals surface area contributed by atoms with Crippen LogP contribution in [0.15, 0.2) is 53.7 Å². The molecule has 0 unspecified atom stereocenters. The molecule has 0 saturated carbocycles. The molecular weight excluding hydrogens is 322 g/mol. The lowest BCUT2D eigenvalue weighted by Crippen LogP contribution is -2.35. The molecule has 0 bridgehead atoms. The van der Waals surface area contributed by atoms with Gasteiger partial charge in [-0.05, 0) is 48.2 Å². The fourth-order valence-corrected chi connectivity index (χ4v) is 4.40. The standard InChI is InChI=1S/C18H23N3O2S/c22-24(23,21-12-2-1-3-13-21)18-6-4-16(5-7-18)14-20-15-17-8-10-19-11-9-17/h4-11,20H,1-3,12-15H2. The summed E-state index contributed by atoms with van der Waals surface area (Å²) >= 11 is 0. The van der Waals surface area contributed by atoms with Gasteiger partial charge in [0.05, 0.1) is 4.90 Å². The number of benzene rings is 1. The van der Waals surface area contributed by atoms with Crippen molar-refractivity contribution < 1.29 is 8.42 Å². The Balaban J connectivity index is 1.58. The Morgan fingerprint density at radius 1 is 0.875 bits per heavy atom. The average Bonchev–Trinajstić information content (AvgIpc) is 2.64. The summed E-state index contributed by atoms with van der Waals surface area (Å²) in [6.45, 7) is 2.73. The van der Waals surface area contributed by atoms with E-state index in [1.54, 1.807) is 28.8 Å². The van der Waals surface area contributed by atoms with Gasteiger partial charge in [0, 0.05) is 38.6 Å². The van der Waals surface area contributed by atoms with E-state index in [9.17, 15) is 8.42 Å². The molecule has 1 aromatic heterocycles. The minimum absolute atomic E-state index is 0.391. The molecule has 1 aliphatic heterocycles. The van der Waals surface area contributed by atoms with E-state index in [-0.39, 0.29) is 0 Å². The van der Waals surface area contributed by atoms with Gasteiger partial charge in [-0.2, -0.15) is 4.31 Å². The number of piperidine rings is 1. The molecule has 2 aromatic rings. The minimum Gasteiger partial charge on any atom is -0.309 e. The fraction of sp³-hybridized carbons (Fsp3) is 0.389. The summed E-state index contributed by atoms with van der Waals surface area (Å²) in [6, 6.07) is 11.1. The largest absolute Gasteiger partial charge is 0.309 e. The van der Waals surface area contributed by atoms with Crippen LogP contribution in [-0.4, -0.2) is 30.8 Å². The second-order valence-corrected chi connectivity index (χ2v) is 8.01. The van der Waals surface area contributed by atoms with Gasteiger partial charge in [0.25, 0.3) is 0 Å². The van der Waals surface area contributed by atoms with Crippen LogP contribution < -0.4 is 5.32 Å². The Bertz CT molecular complexity index is 740. The van der Waals surface area contributed by atoms with Gasteiger partial charge in [-0.15, -0.1) is 0 Å². The van der Waals surface area contributed by atoms with Crippen molar-refractivity contribution in [3.63, 3.8) is 0 Å². The van der Waals surface area contributed by atoms with E-state index in [1.165, 1.54) is 5.56 Å². The third-order valence-electron chi connectivity index (χ3n) is 4.28. The first-order chi connectivity index (χ1) is 11.7. The van der Waals surface area contributed by atoms with Crippen LogP contribution in [-0.2, 0) is 23.1 Å². The first-order valence-corrected chi connectivity index (χ1v) is 9.79. The molecule has 0 aliphatic carbocycles. The fourth-order valence-electron chi connectivity index (χ4n) is 2.89. The third-order valence-corrected chi connectivity index (χ3v) is 6.20. The molecule has 0 atom stereocenters. The predicted octanol–water partition coefficient (Wildman–Crippen LogP) is 2.55. The average molecular weight is 345 g/mol. The SMILES string of the molecule is O=S(=O)(c1ccc(CNCc2ccncc2)cc1)N1CCCCC1. The lowest BCUT2D eigenvalue weighted by molar-refractivity contribution is 0.346. The first kappa shape index (κ1) is 17.1. The van der Waals surface area contributed by atoms with Crippen molar-refractivity contribution in [1.29, 1.82) is 0 Å². The topological polar surface area (TPSA) is 62.3 Å². The predicted molar refractivity (Wildman–Crippen MR) is 93.8 cm³/mol. The number of hydrogen-bond donors (Lipinski definition) is 1. The zero-order chi connectivity index (χ0) is 16.8. The molecule has 1 N–H and O–H groups in total. The lowest BCUT2D eigenvalue weighted by atomic mass is 10.2. The highest BCUT2D eigenvalue weighted by atomic mass is 32.2. The van der Waals surface area contributed by atoms with Crippen LogP contribution in [0.3, 0.4) is 0 Å². The van der Waals surface area contributed by atoms with Crippen molar-refractivity contribution >= 4 is 10.0 Å². The van der Waals surface area contributed by atoms with E-state index in [0.29, 0.717) is 24.5 Å². The van der Waals surface area contributed by atoms with Crippen molar-refractivity contribution in [1.82, 2.24) is 14.6 Å². The number of rotatable bonds is 6. The molecule has 0 radical (unpaired) electrons. The van der Waals surface area contributed by atoms with E-state index in [2.05, 4.69) is 10.3 Å². The van der Waals surface area contributed by atoms with Crippen LogP contribution >= 0.6 is 0 Å². The molecule has 0 amide bonds. The van der Waals surface area contributed by atoms with E-state index in [1.807, 2.05) is 24.3 Å². The second-order valence-electron chi connectivity index (χ2n) is 6.07. The summed E-state index contributed by atoms with van der Waals surface area (Å²) in [6.07, 6.45) is 6.58. The van der Waals surface area contributed by atoms with Gasteiger partial charge in [-0.1, -0.05) is 18.6 Å². The van der Waals surface area contributed by atoms with Crippen molar-refractivity contribution in [2.75, 3.05) is 13.1 Å². The van der Waals surface area contributed by atoms with Gasteiger partial charge in [0.1, 0.15) is 0 Å². The molecule has 128 valence electrons. The van der Waals surface area contributed by atoms with E-state index < -0.39 is 10.0 Å². The number of sulfonamides is 1. The number of aromatic nitrogens is 1. The molecule has 0 spiro atoms. The Kier molecular flexibility index (Phi) is 5.60. The molecule has 1 aliphatic rings. The molecule has 2 heterocycles. The highest BCUT2D eigenvalue weighted by Crippen LogP contribution is 2.20. The van der Waals surface area contributed by atoms with Gasteiger partial charge in [0.2, 0.25) is 10.0 Å². The highest BCUT2D eigenvalue weighted by molar-refractivity contribution is 7.89. The summed E-state index contributed by atoms with van der Waals surface area (Å²) in [4.78, 5) is 4.39. The van der Waals surface area contributed by atoms with Gasteiger partial charge in [-0.3, -0.25) is 4.98 Å². The van der Waals surface area contributed by atoms with Gasteiger partial charge < -0.3 is 5.32 Å². The van der Waals surface area contributed by atoms with Crippen molar-refractivity contribution in [3.05, 3.63) is 59.9 Å². The Morgan fingerprint density at radius 2 is 1.46 bits per heavy atom. The molecule has 3 rings (SSSR count). The third kappa shape index (κ3) is 4.20. The Hall–Kier alpha value is -1.76. The summed E-state index contributed by atoms with van der Waals surface area (Å²) in [5.41, 5.74) is 2.25. The van der Waals surface area contributed by atoms with Crippen LogP contribution in [0.4, 0.5) is 0 Å². The maximum Gasteiger partial charge on any atom is 0.243 e. The normalized spacial score (nSPS) is 16.2. The van der Waals surface area contributed by atoms with Crippen LogP contribution in [0.2, 0.25) is 0 Å². The van der Waals surface area contributed by atoms with Gasteiger partial charge in [0.15, 0.2) is 0 Å². The van der Waals surface area contributed by atoms with Crippen molar-refractivity contribution in [2.45, 2.75) is 37.2 Å². The van der Waals surface area contributed by atoms with E-state index in [0.717, 1.165) is 31.4 Å². The summed E-state index contributed by atoms with van der Waals surface area (Å²) in [5.74, 6) is 0. The maximum atomic E-state index is 12.6. The summed E-state index contributed by atoms with van der Waals surface area (Å²) < 4.78 is 26.8. The second kappa shape index (κ2) is 7.88. The van der Waals surface area contributed by atoms with Crippen LogP contribution in [0, 0.1) is 0 Å². The highest BCUT2D eigenvalue weighted by Gasteiger charge is 2.25. The zero-order valence-electron chi connectivity index (χ0n) is 13.7. The number of nitrogens with one attached hydrogen (secondary N) is 1. The van der Waals surface area contributed by atoms with Crippen molar-refractivity contribution in [3.8, 4) is 0 Å². The van der Waals surface area contributed by atoms with Gasteiger partial charge in [-0.25, -0.2) is 8.42 Å².